The van der Waals surface area contributed by atoms with Gasteiger partial charge in [-0.2, -0.15) is 0 Å². The molecular formula is C14H7ClINO. The Morgan fingerprint density at radius 1 is 1.06 bits per heavy atom. The van der Waals surface area contributed by atoms with E-state index in [1.54, 1.807) is 12.3 Å². The molecule has 18 heavy (non-hydrogen) atoms. The first-order valence-corrected chi connectivity index (χ1v) is 6.79. The van der Waals surface area contributed by atoms with E-state index in [2.05, 4.69) is 27.6 Å². The smallest absolute Gasteiger partial charge is 0.195 e. The van der Waals surface area contributed by atoms with Gasteiger partial charge in [0.15, 0.2) is 5.43 Å². The highest BCUT2D eigenvalue weighted by Gasteiger charge is 2.04. The molecule has 0 unspecified atom stereocenters. The molecule has 3 rings (SSSR count). The standard InChI is InChI=1S/C14H7ClINO/c15-9-5-12-13(17-7-9)4-2-8-1-3-10(16)6-11(8)14(12)18/h1-7H. The van der Waals surface area contributed by atoms with E-state index in [0.717, 1.165) is 8.96 Å². The fraction of sp³-hybridized carbons (Fsp3) is 0. The average Bonchev–Trinajstić information content (AvgIpc) is 2.49. The number of benzene rings is 1. The zero-order valence-corrected chi connectivity index (χ0v) is 12.1. The quantitative estimate of drug-likeness (QED) is 0.562. The van der Waals surface area contributed by atoms with Gasteiger partial charge in [-0.25, -0.2) is 0 Å². The minimum absolute atomic E-state index is 0.0292. The number of halogens is 2. The highest BCUT2D eigenvalue weighted by molar-refractivity contribution is 14.1. The second-order valence-corrected chi connectivity index (χ2v) is 5.66. The van der Waals surface area contributed by atoms with Crippen molar-refractivity contribution in [2.24, 2.45) is 0 Å². The topological polar surface area (TPSA) is 30.0 Å². The van der Waals surface area contributed by atoms with Gasteiger partial charge in [-0.3, -0.25) is 9.78 Å². The fourth-order valence-corrected chi connectivity index (χ4v) is 2.60. The van der Waals surface area contributed by atoms with Gasteiger partial charge in [-0.1, -0.05) is 23.7 Å². The molecule has 0 fully saturated rings. The number of fused-ring (bicyclic) bond motifs is 2. The van der Waals surface area contributed by atoms with Crippen molar-refractivity contribution in [3.8, 4) is 0 Å². The average molecular weight is 368 g/mol. The predicted molar refractivity (Wildman–Crippen MR) is 83.2 cm³/mol. The Kier molecular flexibility index (Phi) is 2.95. The Bertz CT molecular complexity index is 765. The molecule has 1 aromatic heterocycles. The summed E-state index contributed by atoms with van der Waals surface area (Å²) in [5, 5.41) is 2.64. The summed E-state index contributed by atoms with van der Waals surface area (Å²) in [4.78, 5) is 16.7. The molecule has 1 heterocycles. The zero-order chi connectivity index (χ0) is 12.7. The summed E-state index contributed by atoms with van der Waals surface area (Å²) < 4.78 is 1.03. The van der Waals surface area contributed by atoms with Crippen LogP contribution in [0.3, 0.4) is 0 Å². The maximum absolute atomic E-state index is 12.5. The van der Waals surface area contributed by atoms with Crippen LogP contribution in [0.1, 0.15) is 0 Å². The first kappa shape index (κ1) is 11.9. The van der Waals surface area contributed by atoms with Crippen LogP contribution in [-0.2, 0) is 0 Å². The van der Waals surface area contributed by atoms with E-state index >= 15 is 0 Å². The van der Waals surface area contributed by atoms with E-state index in [0.29, 0.717) is 21.3 Å². The minimum Gasteiger partial charge on any atom is -0.289 e. The van der Waals surface area contributed by atoms with Gasteiger partial charge in [-0.05, 0) is 52.2 Å². The van der Waals surface area contributed by atoms with Crippen molar-refractivity contribution >= 4 is 55.9 Å². The first-order valence-electron chi connectivity index (χ1n) is 5.33. The molecule has 0 saturated carbocycles. The van der Waals surface area contributed by atoms with E-state index < -0.39 is 0 Å². The molecule has 0 amide bonds. The van der Waals surface area contributed by atoms with Crippen LogP contribution < -0.4 is 5.43 Å². The van der Waals surface area contributed by atoms with Crippen LogP contribution in [-0.4, -0.2) is 4.98 Å². The molecule has 2 nitrogen and oxygen atoms in total. The lowest BCUT2D eigenvalue weighted by Crippen LogP contribution is -1.99. The van der Waals surface area contributed by atoms with Gasteiger partial charge in [0.05, 0.1) is 10.5 Å². The van der Waals surface area contributed by atoms with Crippen molar-refractivity contribution in [1.29, 1.82) is 0 Å². The Morgan fingerprint density at radius 2 is 1.83 bits per heavy atom. The number of nitrogens with zero attached hydrogens (tertiary/aromatic N) is 1. The van der Waals surface area contributed by atoms with Crippen molar-refractivity contribution in [3.63, 3.8) is 0 Å². The number of rotatable bonds is 0. The van der Waals surface area contributed by atoms with E-state index in [4.69, 9.17) is 11.6 Å². The van der Waals surface area contributed by atoms with Crippen LogP contribution in [0, 0.1) is 3.57 Å². The van der Waals surface area contributed by atoms with Gasteiger partial charge in [0.25, 0.3) is 0 Å². The summed E-state index contributed by atoms with van der Waals surface area (Å²) >= 11 is 8.11. The van der Waals surface area contributed by atoms with Crippen LogP contribution >= 0.6 is 34.2 Å². The third kappa shape index (κ3) is 1.97. The summed E-state index contributed by atoms with van der Waals surface area (Å²) in [6.07, 6.45) is 1.55. The molecule has 0 N–H and O–H groups in total. The van der Waals surface area contributed by atoms with Crippen molar-refractivity contribution in [2.45, 2.75) is 0 Å². The van der Waals surface area contributed by atoms with E-state index in [1.165, 1.54) is 0 Å². The van der Waals surface area contributed by atoms with Gasteiger partial charge in [0.2, 0.25) is 0 Å². The molecule has 0 aliphatic heterocycles. The molecule has 3 aromatic rings. The maximum Gasteiger partial charge on any atom is 0.195 e. The largest absolute Gasteiger partial charge is 0.289 e. The summed E-state index contributed by atoms with van der Waals surface area (Å²) in [6.45, 7) is 0. The lowest BCUT2D eigenvalue weighted by atomic mass is 10.2. The summed E-state index contributed by atoms with van der Waals surface area (Å²) in [5.41, 5.74) is 0.633. The summed E-state index contributed by atoms with van der Waals surface area (Å²) in [7, 11) is 0. The normalized spacial score (nSPS) is 11.0. The molecule has 0 spiro atoms. The molecule has 0 radical (unpaired) electrons. The van der Waals surface area contributed by atoms with Crippen molar-refractivity contribution in [1.82, 2.24) is 4.98 Å². The molecular weight excluding hydrogens is 361 g/mol. The van der Waals surface area contributed by atoms with Crippen LogP contribution in [0.5, 0.6) is 0 Å². The van der Waals surface area contributed by atoms with Crippen LogP contribution in [0.15, 0.2) is 47.4 Å². The van der Waals surface area contributed by atoms with Crippen molar-refractivity contribution in [2.75, 3.05) is 0 Å². The molecule has 0 bridgehead atoms. The molecule has 0 aliphatic carbocycles. The first-order chi connectivity index (χ1) is 8.65. The van der Waals surface area contributed by atoms with Crippen LogP contribution in [0.25, 0.3) is 21.7 Å². The van der Waals surface area contributed by atoms with Crippen molar-refractivity contribution < 1.29 is 0 Å². The van der Waals surface area contributed by atoms with E-state index in [1.807, 2.05) is 30.3 Å². The van der Waals surface area contributed by atoms with Gasteiger partial charge in [0, 0.05) is 20.5 Å². The maximum atomic E-state index is 12.5. The summed E-state index contributed by atoms with van der Waals surface area (Å²) in [6, 6.07) is 11.2. The molecule has 2 aromatic carbocycles. The highest BCUT2D eigenvalue weighted by atomic mass is 127. The second kappa shape index (κ2) is 4.48. The Hall–Kier alpha value is -1.20. The molecule has 0 atom stereocenters. The number of hydrogen-bond acceptors (Lipinski definition) is 2. The molecule has 0 saturated heterocycles. The van der Waals surface area contributed by atoms with Crippen molar-refractivity contribution in [3.05, 3.63) is 61.4 Å². The van der Waals surface area contributed by atoms with E-state index in [-0.39, 0.29) is 5.43 Å². The molecule has 0 aliphatic rings. The lowest BCUT2D eigenvalue weighted by molar-refractivity contribution is 1.42. The third-order valence-corrected chi connectivity index (χ3v) is 3.69. The lowest BCUT2D eigenvalue weighted by Gasteiger charge is -1.93. The van der Waals surface area contributed by atoms with E-state index in [9.17, 15) is 4.79 Å². The van der Waals surface area contributed by atoms with Gasteiger partial charge in [0.1, 0.15) is 0 Å². The minimum atomic E-state index is -0.0292. The Balaban J connectivity index is 2.62. The number of pyridine rings is 1. The SMILES string of the molecule is O=c1c2cc(I)ccc2ccc2ncc(Cl)cc12. The number of hydrogen-bond donors (Lipinski definition) is 0. The highest BCUT2D eigenvalue weighted by Crippen LogP contribution is 2.18. The Labute approximate surface area is 122 Å². The summed E-state index contributed by atoms with van der Waals surface area (Å²) in [5.74, 6) is 0. The van der Waals surface area contributed by atoms with Crippen LogP contribution in [0.2, 0.25) is 5.02 Å². The predicted octanol–water partition coefficient (Wildman–Crippen LogP) is 4.01. The Morgan fingerprint density at radius 3 is 2.67 bits per heavy atom. The number of aromatic nitrogens is 1. The molecule has 4 heteroatoms. The fourth-order valence-electron chi connectivity index (χ4n) is 1.95. The van der Waals surface area contributed by atoms with Gasteiger partial charge < -0.3 is 0 Å². The van der Waals surface area contributed by atoms with Gasteiger partial charge in [-0.15, -0.1) is 0 Å². The van der Waals surface area contributed by atoms with Gasteiger partial charge >= 0.3 is 0 Å². The zero-order valence-electron chi connectivity index (χ0n) is 9.15. The monoisotopic (exact) mass is 367 g/mol. The second-order valence-electron chi connectivity index (χ2n) is 3.98. The third-order valence-electron chi connectivity index (χ3n) is 2.81. The van der Waals surface area contributed by atoms with Crippen LogP contribution in [0.4, 0.5) is 0 Å². The molecule has 88 valence electrons.